The summed E-state index contributed by atoms with van der Waals surface area (Å²) >= 11 is 0. The summed E-state index contributed by atoms with van der Waals surface area (Å²) in [4.78, 5) is 25.1. The summed E-state index contributed by atoms with van der Waals surface area (Å²) < 4.78 is 16.7. The highest BCUT2D eigenvalue weighted by molar-refractivity contribution is 5.76. The molecule has 11 nitrogen and oxygen atoms in total. The molecule has 1 aliphatic rings. The molecular weight excluding hydrogens is 943 g/mol. The molecular formula is C64H121NO10. The number of carbonyl (C=O) groups is 2. The van der Waals surface area contributed by atoms with Crippen molar-refractivity contribution in [3.63, 3.8) is 0 Å². The summed E-state index contributed by atoms with van der Waals surface area (Å²) in [5.74, 6) is -0.190. The van der Waals surface area contributed by atoms with Gasteiger partial charge >= 0.3 is 5.97 Å². The van der Waals surface area contributed by atoms with Crippen LogP contribution in [0.15, 0.2) is 24.3 Å². The van der Waals surface area contributed by atoms with Gasteiger partial charge in [0.15, 0.2) is 6.29 Å². The summed E-state index contributed by atoms with van der Waals surface area (Å²) in [5, 5.41) is 54.4. The highest BCUT2D eigenvalue weighted by Gasteiger charge is 2.44. The van der Waals surface area contributed by atoms with E-state index in [1.165, 1.54) is 225 Å². The number of hydrogen-bond acceptors (Lipinski definition) is 10. The van der Waals surface area contributed by atoms with Crippen LogP contribution in [0.2, 0.25) is 0 Å². The van der Waals surface area contributed by atoms with Crippen LogP contribution in [0.5, 0.6) is 0 Å². The van der Waals surface area contributed by atoms with E-state index in [9.17, 15) is 35.1 Å². The van der Waals surface area contributed by atoms with Crippen molar-refractivity contribution in [2.24, 2.45) is 0 Å². The van der Waals surface area contributed by atoms with E-state index >= 15 is 0 Å². The second-order valence-electron chi connectivity index (χ2n) is 22.5. The van der Waals surface area contributed by atoms with Crippen molar-refractivity contribution in [1.82, 2.24) is 5.32 Å². The Kier molecular flexibility index (Phi) is 51.3. The summed E-state index contributed by atoms with van der Waals surface area (Å²) in [6.45, 7) is 4.34. The van der Waals surface area contributed by atoms with Gasteiger partial charge in [-0.05, 0) is 44.9 Å². The molecule has 1 rings (SSSR count). The van der Waals surface area contributed by atoms with Crippen molar-refractivity contribution in [2.45, 2.75) is 352 Å². The van der Waals surface area contributed by atoms with E-state index in [0.29, 0.717) is 19.4 Å². The Bertz CT molecular complexity index is 1300. The highest BCUT2D eigenvalue weighted by atomic mass is 16.7. The average Bonchev–Trinajstić information content (AvgIpc) is 3.41. The molecule has 7 unspecified atom stereocenters. The van der Waals surface area contributed by atoms with Gasteiger partial charge in [0.05, 0.1) is 32.0 Å². The molecule has 1 amide bonds. The van der Waals surface area contributed by atoms with Crippen molar-refractivity contribution in [3.05, 3.63) is 24.3 Å². The molecule has 1 saturated heterocycles. The molecule has 1 aliphatic heterocycles. The van der Waals surface area contributed by atoms with E-state index in [-0.39, 0.29) is 18.5 Å². The Morgan fingerprint density at radius 2 is 0.867 bits per heavy atom. The van der Waals surface area contributed by atoms with Crippen LogP contribution in [0, 0.1) is 0 Å². The number of carbonyl (C=O) groups excluding carboxylic acids is 2. The average molecular weight is 1060 g/mol. The fraction of sp³-hybridized carbons (Fsp3) is 0.906. The Morgan fingerprint density at radius 1 is 0.480 bits per heavy atom. The summed E-state index contributed by atoms with van der Waals surface area (Å²) in [5.41, 5.74) is 0. The van der Waals surface area contributed by atoms with Gasteiger partial charge in [-0.25, -0.2) is 0 Å². The van der Waals surface area contributed by atoms with Crippen LogP contribution >= 0.6 is 0 Å². The SMILES string of the molecule is CCCCCCCCCC/C=C/CC/C=C/C(O)C(COC1OC(CO)C(O)C(O)C1O)NC(=O)CCCCCCCCCCCCCCCCCCCCCCCCOC(=O)CCCCCCCCCCCCC. The number of aliphatic hydroxyl groups excluding tert-OH is 5. The zero-order chi connectivity index (χ0) is 54.5. The quantitative estimate of drug-likeness (QED) is 0.0195. The Labute approximate surface area is 461 Å². The third-order valence-corrected chi connectivity index (χ3v) is 15.3. The van der Waals surface area contributed by atoms with Gasteiger partial charge in [-0.3, -0.25) is 9.59 Å². The van der Waals surface area contributed by atoms with Crippen molar-refractivity contribution in [1.29, 1.82) is 0 Å². The van der Waals surface area contributed by atoms with Gasteiger partial charge in [-0.15, -0.1) is 0 Å². The monoisotopic (exact) mass is 1060 g/mol. The third-order valence-electron chi connectivity index (χ3n) is 15.3. The lowest BCUT2D eigenvalue weighted by Crippen LogP contribution is -2.60. The number of amides is 1. The number of allylic oxidation sites excluding steroid dienone is 3. The Hall–Kier alpha value is -1.86. The number of aliphatic hydroxyl groups is 5. The van der Waals surface area contributed by atoms with Gasteiger partial charge in [-0.2, -0.15) is 0 Å². The predicted molar refractivity (Wildman–Crippen MR) is 311 cm³/mol. The number of hydrogen-bond donors (Lipinski definition) is 6. The molecule has 11 heteroatoms. The summed E-state index contributed by atoms with van der Waals surface area (Å²) in [7, 11) is 0. The number of rotatable bonds is 56. The molecule has 0 aliphatic carbocycles. The molecule has 442 valence electrons. The summed E-state index contributed by atoms with van der Waals surface area (Å²) in [6.07, 6.45) is 55.6. The first kappa shape index (κ1) is 71.2. The molecule has 0 radical (unpaired) electrons. The fourth-order valence-corrected chi connectivity index (χ4v) is 10.2. The molecule has 0 spiro atoms. The molecule has 1 fully saturated rings. The first-order chi connectivity index (χ1) is 36.7. The van der Waals surface area contributed by atoms with E-state index in [2.05, 4.69) is 31.3 Å². The minimum Gasteiger partial charge on any atom is -0.466 e. The zero-order valence-corrected chi connectivity index (χ0v) is 48.8. The van der Waals surface area contributed by atoms with E-state index in [4.69, 9.17) is 14.2 Å². The number of esters is 1. The lowest BCUT2D eigenvalue weighted by Gasteiger charge is -2.40. The van der Waals surface area contributed by atoms with Crippen LogP contribution in [0.4, 0.5) is 0 Å². The van der Waals surface area contributed by atoms with Crippen LogP contribution in [-0.2, 0) is 23.8 Å². The van der Waals surface area contributed by atoms with Crippen molar-refractivity contribution in [2.75, 3.05) is 19.8 Å². The molecule has 7 atom stereocenters. The first-order valence-corrected chi connectivity index (χ1v) is 32.1. The minimum absolute atomic E-state index is 0.000452. The number of nitrogens with one attached hydrogen (secondary N) is 1. The van der Waals surface area contributed by atoms with E-state index < -0.39 is 49.5 Å². The lowest BCUT2D eigenvalue weighted by molar-refractivity contribution is -0.302. The molecule has 0 bridgehead atoms. The van der Waals surface area contributed by atoms with Crippen LogP contribution in [0.25, 0.3) is 0 Å². The molecule has 6 N–H and O–H groups in total. The topological polar surface area (TPSA) is 175 Å². The van der Waals surface area contributed by atoms with Gasteiger partial charge in [-0.1, -0.05) is 276 Å². The van der Waals surface area contributed by atoms with Gasteiger partial charge in [0, 0.05) is 12.8 Å². The molecule has 1 heterocycles. The van der Waals surface area contributed by atoms with Crippen LogP contribution in [0.1, 0.15) is 309 Å². The Balaban J connectivity index is 2.06. The second kappa shape index (κ2) is 54.1. The van der Waals surface area contributed by atoms with Crippen molar-refractivity contribution in [3.8, 4) is 0 Å². The molecule has 0 saturated carbocycles. The molecule has 0 aromatic carbocycles. The van der Waals surface area contributed by atoms with E-state index in [0.717, 1.165) is 57.8 Å². The predicted octanol–water partition coefficient (Wildman–Crippen LogP) is 15.3. The van der Waals surface area contributed by atoms with Crippen molar-refractivity contribution < 1.29 is 49.3 Å². The first-order valence-electron chi connectivity index (χ1n) is 32.1. The van der Waals surface area contributed by atoms with Gasteiger partial charge in [0.25, 0.3) is 0 Å². The summed E-state index contributed by atoms with van der Waals surface area (Å²) in [6, 6.07) is -0.827. The maximum absolute atomic E-state index is 13.1. The highest BCUT2D eigenvalue weighted by Crippen LogP contribution is 2.23. The second-order valence-corrected chi connectivity index (χ2v) is 22.5. The number of ether oxygens (including phenoxy) is 3. The maximum Gasteiger partial charge on any atom is 0.305 e. The largest absolute Gasteiger partial charge is 0.466 e. The lowest BCUT2D eigenvalue weighted by atomic mass is 9.99. The van der Waals surface area contributed by atoms with Crippen LogP contribution in [0.3, 0.4) is 0 Å². The van der Waals surface area contributed by atoms with Crippen LogP contribution in [-0.4, -0.2) is 100 Å². The van der Waals surface area contributed by atoms with E-state index in [1.807, 2.05) is 6.08 Å². The van der Waals surface area contributed by atoms with Gasteiger partial charge < -0.3 is 45.1 Å². The van der Waals surface area contributed by atoms with Crippen molar-refractivity contribution >= 4 is 11.9 Å². The van der Waals surface area contributed by atoms with Gasteiger partial charge in [0.2, 0.25) is 5.91 Å². The fourth-order valence-electron chi connectivity index (χ4n) is 10.2. The molecule has 75 heavy (non-hydrogen) atoms. The standard InChI is InChI=1S/C64H121NO10/c1-3-5-7-9-11-13-15-16-27-31-34-38-42-46-50-57(67)56(55-74-64-63(72)62(71)61(70)58(54-66)75-64)65-59(68)51-47-43-39-35-32-28-25-23-21-19-17-18-20-22-24-26-29-33-37-41-45-49-53-73-60(69)52-48-44-40-36-30-14-12-10-8-6-4-2/h31,34,46,50,56-58,61-64,66-67,70-72H,3-30,32-33,35-45,47-49,51-55H2,1-2H3,(H,65,68)/b34-31+,50-46+. The number of unbranched alkanes of at least 4 members (excludes halogenated alkanes) is 40. The normalized spacial score (nSPS) is 18.8. The van der Waals surface area contributed by atoms with E-state index in [1.54, 1.807) is 6.08 Å². The minimum atomic E-state index is -1.58. The van der Waals surface area contributed by atoms with Crippen LogP contribution < -0.4 is 5.32 Å². The zero-order valence-electron chi connectivity index (χ0n) is 48.8. The Morgan fingerprint density at radius 3 is 1.32 bits per heavy atom. The van der Waals surface area contributed by atoms with Gasteiger partial charge in [0.1, 0.15) is 24.4 Å². The smallest absolute Gasteiger partial charge is 0.305 e. The molecule has 0 aromatic rings. The maximum atomic E-state index is 13.1. The third kappa shape index (κ3) is 43.7. The molecule has 0 aromatic heterocycles.